The second kappa shape index (κ2) is 7.67. The zero-order valence-electron chi connectivity index (χ0n) is 12.3. The first kappa shape index (κ1) is 22.0. The second-order valence-electron chi connectivity index (χ2n) is 4.72. The van der Waals surface area contributed by atoms with Crippen LogP contribution in [0.25, 0.3) is 0 Å². The summed E-state index contributed by atoms with van der Waals surface area (Å²) in [7, 11) is 0. The van der Waals surface area contributed by atoms with Gasteiger partial charge in [0.05, 0.1) is 0 Å². The Labute approximate surface area is 141 Å². The van der Waals surface area contributed by atoms with Crippen molar-refractivity contribution in [2.24, 2.45) is 0 Å². The Morgan fingerprint density at radius 2 is 1.22 bits per heavy atom. The maximum atomic E-state index is 13.0. The first-order chi connectivity index (χ1) is 12.3. The van der Waals surface area contributed by atoms with E-state index in [4.69, 9.17) is 0 Å². The van der Waals surface area contributed by atoms with Gasteiger partial charge < -0.3 is 0 Å². The van der Waals surface area contributed by atoms with Gasteiger partial charge in [-0.05, 0) is 0 Å². The number of halogens is 6. The summed E-state index contributed by atoms with van der Waals surface area (Å²) in [6, 6.07) is -2.21. The van der Waals surface area contributed by atoms with Crippen LogP contribution < -0.4 is 0 Å². The normalized spacial score (nSPS) is 20.9. The molecule has 2 unspecified atom stereocenters. The highest BCUT2D eigenvalue weighted by Crippen LogP contribution is 2.32. The molecule has 0 aromatic heterocycles. The van der Waals surface area contributed by atoms with Crippen molar-refractivity contribution in [2.45, 2.75) is 18.1 Å². The van der Waals surface area contributed by atoms with Crippen molar-refractivity contribution in [1.29, 1.82) is 0 Å². The summed E-state index contributed by atoms with van der Waals surface area (Å²) in [5, 5.41) is 26.3. The van der Waals surface area contributed by atoms with E-state index in [-0.39, 0.29) is 0 Å². The fraction of sp³-hybridized carbons (Fsp3) is 0.833. The van der Waals surface area contributed by atoms with Crippen LogP contribution in [0.5, 0.6) is 0 Å². The van der Waals surface area contributed by atoms with Crippen LogP contribution in [0.15, 0.2) is 0 Å². The maximum absolute atomic E-state index is 13.0. The van der Waals surface area contributed by atoms with E-state index in [2.05, 4.69) is 0 Å². The number of carbonyl (C=O) groups excluding carboxylic acids is 1. The zero-order chi connectivity index (χ0) is 21.3. The number of carbonyl (C=O) groups is 1. The van der Waals surface area contributed by atoms with Crippen LogP contribution in [0.1, 0.15) is 0 Å². The van der Waals surface area contributed by atoms with Crippen LogP contribution in [0, 0.1) is 30.3 Å². The lowest BCUT2D eigenvalue weighted by molar-refractivity contribution is -0.968. The molecular formula is C6H6F6N8O7. The van der Waals surface area contributed by atoms with E-state index in [1.165, 1.54) is 0 Å². The van der Waals surface area contributed by atoms with Crippen molar-refractivity contribution >= 4 is 6.03 Å². The zero-order valence-corrected chi connectivity index (χ0v) is 12.3. The molecule has 1 heterocycles. The third kappa shape index (κ3) is 3.72. The van der Waals surface area contributed by atoms with Gasteiger partial charge in [0.1, 0.15) is 6.67 Å². The van der Waals surface area contributed by atoms with E-state index in [1.807, 2.05) is 0 Å². The lowest BCUT2D eigenvalue weighted by Gasteiger charge is -2.26. The van der Waals surface area contributed by atoms with E-state index in [1.54, 1.807) is 0 Å². The Morgan fingerprint density at radius 3 is 1.52 bits per heavy atom. The number of hydrogen-bond donors (Lipinski definition) is 0. The summed E-state index contributed by atoms with van der Waals surface area (Å²) in [6.45, 7) is -4.40. The SMILES string of the molecule is O=C1N(CN(F)F)C(N(F)F)C(N(F)F)N1CC([N+](=O)[O-])([N+](=O)[O-])[N+](=O)[O-]. The Bertz CT molecular complexity index is 601. The number of nitro groups is 3. The summed E-state index contributed by atoms with van der Waals surface area (Å²) in [5.41, 5.74) is 0. The Morgan fingerprint density at radius 1 is 0.852 bits per heavy atom. The van der Waals surface area contributed by atoms with Gasteiger partial charge in [0.15, 0.2) is 27.1 Å². The molecule has 0 saturated carbocycles. The molecule has 0 radical (unpaired) electrons. The molecule has 0 aromatic rings. The third-order valence-corrected chi connectivity index (χ3v) is 3.32. The third-order valence-electron chi connectivity index (χ3n) is 3.32. The van der Waals surface area contributed by atoms with Crippen molar-refractivity contribution in [3.8, 4) is 0 Å². The van der Waals surface area contributed by atoms with Gasteiger partial charge in [-0.1, -0.05) is 26.9 Å². The minimum absolute atomic E-state index is 0.637. The topological polar surface area (TPSA) is 163 Å². The molecule has 2 amide bonds. The molecule has 0 aliphatic carbocycles. The highest BCUT2D eigenvalue weighted by atomic mass is 19.4. The average Bonchev–Trinajstić information content (AvgIpc) is 2.76. The quantitative estimate of drug-likeness (QED) is 0.165. The van der Waals surface area contributed by atoms with E-state index in [0.29, 0.717) is 0 Å². The second-order valence-corrected chi connectivity index (χ2v) is 4.72. The van der Waals surface area contributed by atoms with Crippen LogP contribution in [-0.4, -0.2) is 78.0 Å². The maximum Gasteiger partial charge on any atom is 0.717 e. The van der Waals surface area contributed by atoms with Crippen LogP contribution in [0.2, 0.25) is 0 Å². The van der Waals surface area contributed by atoms with Gasteiger partial charge in [-0.25, -0.2) is 4.79 Å². The van der Waals surface area contributed by atoms with Gasteiger partial charge in [0, 0.05) is 16.0 Å². The average molecular weight is 416 g/mol. The minimum Gasteiger partial charge on any atom is -0.282 e. The Hall–Kier alpha value is -3.07. The highest BCUT2D eigenvalue weighted by Gasteiger charge is 2.74. The fourth-order valence-corrected chi connectivity index (χ4v) is 2.15. The molecule has 1 rings (SSSR count). The van der Waals surface area contributed by atoms with Gasteiger partial charge in [0.2, 0.25) is 6.54 Å². The summed E-state index contributed by atoms with van der Waals surface area (Å²) < 4.78 is 76.4. The van der Waals surface area contributed by atoms with Crippen molar-refractivity contribution in [2.75, 3.05) is 13.2 Å². The van der Waals surface area contributed by atoms with Gasteiger partial charge in [-0.2, -0.15) is 0 Å². The summed E-state index contributed by atoms with van der Waals surface area (Å²) >= 11 is 0. The van der Waals surface area contributed by atoms with Gasteiger partial charge >= 0.3 is 11.8 Å². The molecule has 27 heavy (non-hydrogen) atoms. The molecular weight excluding hydrogens is 410 g/mol. The molecule has 154 valence electrons. The van der Waals surface area contributed by atoms with Crippen LogP contribution in [-0.2, 0) is 0 Å². The van der Waals surface area contributed by atoms with Crippen molar-refractivity contribution in [3.05, 3.63) is 30.3 Å². The molecule has 0 N–H and O–H groups in total. The minimum atomic E-state index is -4.52. The predicted octanol–water partition coefficient (Wildman–Crippen LogP) is 0.0306. The number of rotatable bonds is 9. The smallest absolute Gasteiger partial charge is 0.282 e. The van der Waals surface area contributed by atoms with Crippen LogP contribution >= 0.6 is 0 Å². The number of nitrogens with zero attached hydrogens (tertiary/aromatic N) is 8. The number of urea groups is 1. The molecule has 1 saturated heterocycles. The summed E-state index contributed by atoms with van der Waals surface area (Å²) in [5.74, 6) is -4.52. The van der Waals surface area contributed by atoms with Crippen LogP contribution in [0.3, 0.4) is 0 Å². The van der Waals surface area contributed by atoms with Crippen molar-refractivity contribution < 1.29 is 46.5 Å². The lowest BCUT2D eigenvalue weighted by Crippen LogP contribution is -2.62. The van der Waals surface area contributed by atoms with E-state index in [9.17, 15) is 62.0 Å². The van der Waals surface area contributed by atoms with Gasteiger partial charge in [0.25, 0.3) is 0 Å². The summed E-state index contributed by atoms with van der Waals surface area (Å²) in [6.07, 6.45) is -6.50. The monoisotopic (exact) mass is 416 g/mol. The lowest BCUT2D eigenvalue weighted by atomic mass is 10.3. The van der Waals surface area contributed by atoms with Crippen molar-refractivity contribution in [1.82, 2.24) is 25.8 Å². The van der Waals surface area contributed by atoms with E-state index in [0.717, 1.165) is 0 Å². The predicted molar refractivity (Wildman–Crippen MR) is 62.3 cm³/mol. The van der Waals surface area contributed by atoms with Crippen LogP contribution in [0.4, 0.5) is 31.7 Å². The molecule has 0 aromatic carbocycles. The van der Waals surface area contributed by atoms with Gasteiger partial charge in [-0.15, -0.1) is 0 Å². The largest absolute Gasteiger partial charge is 0.717 e. The highest BCUT2D eigenvalue weighted by molar-refractivity contribution is 5.77. The standard InChI is InChI=1S/C6H6F6N8O7/c7-15(8)2-14-4(17(11)12)3(16(9)10)13(5(14)21)1-6(18(22)23,19(24)25)20(26)27/h3-4H,1-2H2. The Kier molecular flexibility index (Phi) is 6.24. The molecule has 21 heteroatoms. The summed E-state index contributed by atoms with van der Waals surface area (Å²) in [4.78, 5) is 36.6. The molecule has 0 spiro atoms. The molecule has 1 aliphatic rings. The molecule has 2 atom stereocenters. The molecule has 1 fully saturated rings. The Balaban J connectivity index is 3.49. The van der Waals surface area contributed by atoms with E-state index < -0.39 is 78.0 Å². The molecule has 0 bridgehead atoms. The number of amides is 2. The first-order valence-corrected chi connectivity index (χ1v) is 6.10. The van der Waals surface area contributed by atoms with Crippen molar-refractivity contribution in [3.63, 3.8) is 0 Å². The fourth-order valence-electron chi connectivity index (χ4n) is 2.15. The first-order valence-electron chi connectivity index (χ1n) is 6.10. The number of hydrogen-bond acceptors (Lipinski definition) is 10. The molecule has 15 nitrogen and oxygen atoms in total. The van der Waals surface area contributed by atoms with E-state index >= 15 is 0 Å². The van der Waals surface area contributed by atoms with Gasteiger partial charge in [-0.3, -0.25) is 40.1 Å². The molecule has 1 aliphatic heterocycles.